The maximum Gasteiger partial charge on any atom is 0.404 e. The van der Waals surface area contributed by atoms with Gasteiger partial charge in [-0.1, -0.05) is 0 Å². The van der Waals surface area contributed by atoms with E-state index in [1.807, 2.05) is 0 Å². The second-order valence-corrected chi connectivity index (χ2v) is 5.39. The van der Waals surface area contributed by atoms with E-state index in [2.05, 4.69) is 9.47 Å². The van der Waals surface area contributed by atoms with Crippen molar-refractivity contribution in [2.75, 3.05) is 0 Å². The minimum absolute atomic E-state index is 0.395. The third kappa shape index (κ3) is 3.65. The van der Waals surface area contributed by atoms with Gasteiger partial charge in [0.1, 0.15) is 12.2 Å². The molecule has 1 aromatic rings. The lowest BCUT2D eigenvalue weighted by Crippen LogP contribution is -2.54. The Kier molecular flexibility index (Phi) is 5.27. The molecule has 0 spiro atoms. The van der Waals surface area contributed by atoms with Crippen molar-refractivity contribution in [3.63, 3.8) is 0 Å². The number of esters is 2. The summed E-state index contributed by atoms with van der Waals surface area (Å²) in [6.07, 6.45) is -7.46. The molecule has 0 bridgehead atoms. The molecule has 2 heterocycles. The summed E-state index contributed by atoms with van der Waals surface area (Å²) in [5, 5.41) is 30.4. The summed E-state index contributed by atoms with van der Waals surface area (Å²) in [5.41, 5.74) is -2.52. The van der Waals surface area contributed by atoms with Crippen LogP contribution in [0.25, 0.3) is 0 Å². The van der Waals surface area contributed by atoms with Crippen molar-refractivity contribution in [2.45, 2.75) is 44.4 Å². The predicted octanol–water partition coefficient (Wildman–Crippen LogP) is -2.93. The Bertz CT molecular complexity index is 817. The molecule has 0 amide bonds. The maximum absolute atomic E-state index is 13.4. The molecule has 1 fully saturated rings. The predicted molar refractivity (Wildman–Crippen MR) is 75.7 cm³/mol. The number of aromatic nitrogens is 2. The van der Waals surface area contributed by atoms with E-state index in [0.717, 1.165) is 13.8 Å². The molecule has 1 aliphatic heterocycles. The quantitative estimate of drug-likeness (QED) is 0.313. The maximum atomic E-state index is 13.4. The van der Waals surface area contributed by atoms with Gasteiger partial charge >= 0.3 is 23.6 Å². The smallest absolute Gasteiger partial charge is 0.396 e. The summed E-state index contributed by atoms with van der Waals surface area (Å²) in [6.45, 7) is 1.71. The van der Waals surface area contributed by atoms with Gasteiger partial charge in [-0.15, -0.1) is 0 Å². The lowest BCUT2D eigenvalue weighted by Gasteiger charge is -2.31. The number of hydrogen-bond donors (Lipinski definition) is 4. The molecule has 1 saturated heterocycles. The molecule has 0 aliphatic carbocycles. The number of ether oxygens (including phenoxy) is 3. The van der Waals surface area contributed by atoms with Crippen LogP contribution < -0.4 is 11.2 Å². The summed E-state index contributed by atoms with van der Waals surface area (Å²) in [6, 6.07) is 0. The van der Waals surface area contributed by atoms with Crippen molar-refractivity contribution in [1.29, 1.82) is 0 Å². The monoisotopic (exact) mass is 378 g/mol. The number of aliphatic hydroxyl groups excluding tert-OH is 2. The molecule has 144 valence electrons. The highest BCUT2D eigenvalue weighted by Crippen LogP contribution is 2.35. The molecule has 0 aromatic carbocycles. The van der Waals surface area contributed by atoms with E-state index < -0.39 is 59.5 Å². The van der Waals surface area contributed by atoms with Gasteiger partial charge in [0, 0.05) is 13.8 Å². The molecule has 0 unspecified atom stereocenters. The number of aliphatic hydroxyl groups is 3. The van der Waals surface area contributed by atoms with Crippen LogP contribution in [-0.2, 0) is 23.8 Å². The second-order valence-electron chi connectivity index (χ2n) is 5.39. The Labute approximate surface area is 143 Å². The lowest BCUT2D eigenvalue weighted by atomic mass is 10.1. The van der Waals surface area contributed by atoms with Crippen LogP contribution in [0.5, 0.6) is 0 Å². The van der Waals surface area contributed by atoms with Crippen molar-refractivity contribution in [3.8, 4) is 0 Å². The first-order chi connectivity index (χ1) is 12.0. The molecule has 26 heavy (non-hydrogen) atoms. The van der Waals surface area contributed by atoms with Crippen molar-refractivity contribution in [2.24, 2.45) is 0 Å². The van der Waals surface area contributed by atoms with Gasteiger partial charge in [-0.3, -0.25) is 23.9 Å². The van der Waals surface area contributed by atoms with Gasteiger partial charge in [-0.25, -0.2) is 4.79 Å². The van der Waals surface area contributed by atoms with E-state index in [1.165, 1.54) is 0 Å². The van der Waals surface area contributed by atoms with Crippen LogP contribution in [0.15, 0.2) is 15.8 Å². The Morgan fingerprint density at radius 1 is 1.23 bits per heavy atom. The molecule has 0 radical (unpaired) electrons. The minimum Gasteiger partial charge on any atom is -0.396 e. The van der Waals surface area contributed by atoms with Gasteiger partial charge < -0.3 is 29.5 Å². The summed E-state index contributed by atoms with van der Waals surface area (Å²) < 4.78 is 27.8. The molecular weight excluding hydrogens is 363 g/mol. The third-order valence-corrected chi connectivity index (χ3v) is 3.38. The third-order valence-electron chi connectivity index (χ3n) is 3.38. The number of nitrogens with zero attached hydrogens (tertiary/aromatic N) is 1. The normalized spacial score (nSPS) is 25.8. The van der Waals surface area contributed by atoms with Crippen LogP contribution in [0, 0.1) is 5.82 Å². The van der Waals surface area contributed by atoms with Crippen LogP contribution >= 0.6 is 0 Å². The van der Waals surface area contributed by atoms with E-state index >= 15 is 0 Å². The van der Waals surface area contributed by atoms with Crippen molar-refractivity contribution in [1.82, 2.24) is 9.55 Å². The summed E-state index contributed by atoms with van der Waals surface area (Å²) in [4.78, 5) is 46.8. The Morgan fingerprint density at radius 3 is 2.27 bits per heavy atom. The highest BCUT2D eigenvalue weighted by molar-refractivity contribution is 5.68. The van der Waals surface area contributed by atoms with Crippen LogP contribution in [0.2, 0.25) is 0 Å². The zero-order chi connectivity index (χ0) is 19.8. The summed E-state index contributed by atoms with van der Waals surface area (Å²) >= 11 is 0. The van der Waals surface area contributed by atoms with Crippen molar-refractivity contribution < 1.29 is 43.5 Å². The fourth-order valence-electron chi connectivity index (χ4n) is 2.39. The number of carbonyl (C=O) groups excluding carboxylic acids is 2. The largest absolute Gasteiger partial charge is 0.404 e. The van der Waals surface area contributed by atoms with E-state index in [9.17, 15) is 38.9 Å². The highest BCUT2D eigenvalue weighted by atomic mass is 19.1. The molecular formula is C13H15FN2O10. The molecule has 1 aliphatic rings. The van der Waals surface area contributed by atoms with Gasteiger partial charge in [0.25, 0.3) is 5.56 Å². The van der Waals surface area contributed by atoms with Crippen molar-refractivity contribution in [3.05, 3.63) is 32.9 Å². The molecule has 4 N–H and O–H groups in total. The SMILES string of the molecule is CC(=O)OC(O)(OC(C)=O)[C@H]1O[C@@H](n2cc(F)c(=O)[nH]c2=O)[C@H](O)[C@@H]1O. The average Bonchev–Trinajstić information content (AvgIpc) is 2.78. The van der Waals surface area contributed by atoms with Gasteiger partial charge in [0.15, 0.2) is 12.3 Å². The Hall–Kier alpha value is -2.61. The van der Waals surface area contributed by atoms with E-state index in [-0.39, 0.29) is 0 Å². The molecule has 0 saturated carbocycles. The number of halogens is 1. The fourth-order valence-corrected chi connectivity index (χ4v) is 2.39. The topological polar surface area (TPSA) is 177 Å². The first-order valence-corrected chi connectivity index (χ1v) is 7.10. The number of hydrogen-bond acceptors (Lipinski definition) is 10. The summed E-state index contributed by atoms with van der Waals surface area (Å²) in [7, 11) is 0. The number of H-pyrrole nitrogens is 1. The van der Waals surface area contributed by atoms with Gasteiger partial charge in [-0.2, -0.15) is 4.39 Å². The highest BCUT2D eigenvalue weighted by Gasteiger charge is 2.58. The van der Waals surface area contributed by atoms with E-state index in [1.54, 1.807) is 4.98 Å². The standard InChI is InChI=1S/C13H15FN2O10/c1-4(17)25-13(23,26-5(2)18)9-7(19)8(20)11(24-9)16-3-6(14)10(21)15-12(16)22/h3,7-9,11,19-20,23H,1-2H3,(H,15,21,22)/t7-,8+,9-,11+/m0/s1. The Morgan fingerprint density at radius 2 is 1.77 bits per heavy atom. The summed E-state index contributed by atoms with van der Waals surface area (Å²) in [5.74, 6) is -6.80. The van der Waals surface area contributed by atoms with Crippen LogP contribution in [0.1, 0.15) is 20.1 Å². The molecule has 1 aromatic heterocycles. The van der Waals surface area contributed by atoms with Crippen LogP contribution in [-0.4, -0.2) is 61.1 Å². The molecule has 13 heteroatoms. The molecule has 4 atom stereocenters. The number of carbonyl (C=O) groups is 2. The Balaban J connectivity index is 2.43. The van der Waals surface area contributed by atoms with Gasteiger partial charge in [0.2, 0.25) is 5.82 Å². The average molecular weight is 378 g/mol. The number of nitrogens with one attached hydrogen (secondary N) is 1. The van der Waals surface area contributed by atoms with Gasteiger partial charge in [-0.05, 0) is 0 Å². The van der Waals surface area contributed by atoms with E-state index in [0.29, 0.717) is 10.8 Å². The zero-order valence-corrected chi connectivity index (χ0v) is 13.4. The second kappa shape index (κ2) is 6.95. The first kappa shape index (κ1) is 19.7. The van der Waals surface area contributed by atoms with Gasteiger partial charge in [0.05, 0.1) is 6.20 Å². The lowest BCUT2D eigenvalue weighted by molar-refractivity contribution is -0.371. The fraction of sp³-hybridized carbons (Fsp3) is 0.538. The number of aromatic amines is 1. The minimum atomic E-state index is -3.14. The van der Waals surface area contributed by atoms with Crippen LogP contribution in [0.3, 0.4) is 0 Å². The number of rotatable bonds is 4. The van der Waals surface area contributed by atoms with E-state index in [4.69, 9.17) is 4.74 Å². The van der Waals surface area contributed by atoms with Crippen LogP contribution in [0.4, 0.5) is 4.39 Å². The van der Waals surface area contributed by atoms with Crippen molar-refractivity contribution >= 4 is 11.9 Å². The zero-order valence-electron chi connectivity index (χ0n) is 13.4. The first-order valence-electron chi connectivity index (χ1n) is 7.10. The molecule has 2 rings (SSSR count). The molecule has 12 nitrogen and oxygen atoms in total.